The van der Waals surface area contributed by atoms with Crippen molar-refractivity contribution in [2.45, 2.75) is 89.7 Å². The van der Waals surface area contributed by atoms with Gasteiger partial charge in [0.2, 0.25) is 0 Å². The average molecular weight is 254 g/mol. The second kappa shape index (κ2) is 8.95. The van der Waals surface area contributed by atoms with E-state index in [0.717, 1.165) is 38.5 Å². The van der Waals surface area contributed by atoms with Crippen LogP contribution < -0.4 is 0 Å². The molecule has 0 saturated carbocycles. The Bertz CT molecular complexity index is 201. The molecule has 1 rings (SSSR count). The van der Waals surface area contributed by atoms with E-state index in [0.29, 0.717) is 24.9 Å². The molecule has 1 heterocycles. The van der Waals surface area contributed by atoms with Crippen LogP contribution >= 0.6 is 0 Å². The van der Waals surface area contributed by atoms with Crippen LogP contribution in [-0.4, -0.2) is 37.6 Å². The van der Waals surface area contributed by atoms with E-state index in [-0.39, 0.29) is 12.4 Å². The minimum absolute atomic E-state index is 0.0845. The molecule has 0 aliphatic carbocycles. The van der Waals surface area contributed by atoms with Crippen molar-refractivity contribution in [2.24, 2.45) is 0 Å². The maximum Gasteiger partial charge on any atom is 0.158 e. The summed E-state index contributed by atoms with van der Waals surface area (Å²) >= 11 is 0. The Hall–Kier alpha value is -0.0551. The lowest BCUT2D eigenvalue weighted by molar-refractivity contribution is -0.245. The van der Waals surface area contributed by atoms with E-state index in [1.807, 2.05) is 0 Å². The van der Waals surface area contributed by atoms with E-state index >= 15 is 0 Å². The molecule has 3 atom stereocenters. The summed E-state index contributed by atoms with van der Waals surface area (Å²) in [5.41, 5.74) is 0. The summed E-state index contributed by atoms with van der Waals surface area (Å²) in [5, 5.41) is 9.61. The predicted molar refractivity (Wildman–Crippen MR) is 73.8 cm³/mol. The third kappa shape index (κ3) is 5.72. The number of hydrogen-bond donors (Lipinski definition) is 1. The summed E-state index contributed by atoms with van der Waals surface area (Å²) in [6, 6.07) is 0. The quantitative estimate of drug-likeness (QED) is 0.677. The van der Waals surface area contributed by atoms with Gasteiger partial charge in [0.1, 0.15) is 0 Å². The molecule has 1 saturated heterocycles. The summed E-state index contributed by atoms with van der Waals surface area (Å²) in [7, 11) is 5.41. The van der Waals surface area contributed by atoms with Gasteiger partial charge in [-0.3, -0.25) is 0 Å². The van der Waals surface area contributed by atoms with Crippen molar-refractivity contribution >= 4 is 7.85 Å². The second-order valence-corrected chi connectivity index (χ2v) is 5.16. The first-order valence-electron chi connectivity index (χ1n) is 7.38. The largest absolute Gasteiger partial charge is 0.393 e. The summed E-state index contributed by atoms with van der Waals surface area (Å²) in [5.74, 6) is 0. The Morgan fingerprint density at radius 1 is 1.17 bits per heavy atom. The van der Waals surface area contributed by atoms with Crippen molar-refractivity contribution in [2.75, 3.05) is 0 Å². The molecule has 1 N–H and O–H groups in total. The van der Waals surface area contributed by atoms with Crippen LogP contribution in [0.15, 0.2) is 0 Å². The molecule has 1 aliphatic rings. The second-order valence-electron chi connectivity index (χ2n) is 5.16. The zero-order valence-corrected chi connectivity index (χ0v) is 11.8. The van der Waals surface area contributed by atoms with Gasteiger partial charge in [0.05, 0.1) is 26.2 Å². The van der Waals surface area contributed by atoms with Gasteiger partial charge in [-0.1, -0.05) is 20.2 Å². The van der Waals surface area contributed by atoms with Crippen LogP contribution in [-0.2, 0) is 9.47 Å². The van der Waals surface area contributed by atoms with Gasteiger partial charge < -0.3 is 14.6 Å². The lowest BCUT2D eigenvalue weighted by Crippen LogP contribution is -2.37. The van der Waals surface area contributed by atoms with Gasteiger partial charge in [-0.15, -0.1) is 0 Å². The maximum atomic E-state index is 9.61. The Balaban J connectivity index is 2.23. The van der Waals surface area contributed by atoms with Gasteiger partial charge in [0.15, 0.2) is 6.29 Å². The third-order valence-electron chi connectivity index (χ3n) is 3.60. The van der Waals surface area contributed by atoms with E-state index in [4.69, 9.17) is 17.3 Å². The molecule has 0 aromatic carbocycles. The zero-order chi connectivity index (χ0) is 13.4. The first kappa shape index (κ1) is 16.0. The molecule has 0 aromatic heterocycles. The summed E-state index contributed by atoms with van der Waals surface area (Å²) in [6.07, 6.45) is 7.24. The summed E-state index contributed by atoms with van der Waals surface area (Å²) in [4.78, 5) is 0. The van der Waals surface area contributed by atoms with Gasteiger partial charge in [0, 0.05) is 0 Å². The highest BCUT2D eigenvalue weighted by Gasteiger charge is 2.27. The average Bonchev–Trinajstić information content (AvgIpc) is 2.38. The van der Waals surface area contributed by atoms with E-state index in [1.165, 1.54) is 0 Å². The lowest BCUT2D eigenvalue weighted by atomic mass is 9.96. The predicted octanol–water partition coefficient (Wildman–Crippen LogP) is 2.81. The third-order valence-corrected chi connectivity index (χ3v) is 3.60. The molecule has 104 valence electrons. The van der Waals surface area contributed by atoms with Crippen molar-refractivity contribution in [1.82, 2.24) is 0 Å². The number of ether oxygens (including phenoxy) is 2. The van der Waals surface area contributed by atoms with E-state index in [2.05, 4.69) is 13.8 Å². The minimum atomic E-state index is -0.275. The standard InChI is InChI=1S/C14H27BO3/c1-3-12-10-13(4-2)18-14(17-12)7-5-6-11(16)8-9-15/h11-14,16H,3-10H2,1-2H3. The summed E-state index contributed by atoms with van der Waals surface area (Å²) in [6.45, 7) is 4.32. The van der Waals surface area contributed by atoms with Crippen LogP contribution in [0.1, 0.15) is 58.8 Å². The topological polar surface area (TPSA) is 38.7 Å². The number of hydrogen-bond acceptors (Lipinski definition) is 3. The lowest BCUT2D eigenvalue weighted by Gasteiger charge is -2.35. The van der Waals surface area contributed by atoms with E-state index in [1.54, 1.807) is 0 Å². The monoisotopic (exact) mass is 254 g/mol. The smallest absolute Gasteiger partial charge is 0.158 e. The molecular formula is C14H27BO3. The highest BCUT2D eigenvalue weighted by Crippen LogP contribution is 2.25. The van der Waals surface area contributed by atoms with Crippen LogP contribution in [0.5, 0.6) is 0 Å². The minimum Gasteiger partial charge on any atom is -0.393 e. The molecule has 2 radical (unpaired) electrons. The normalized spacial score (nSPS) is 30.3. The Kier molecular flexibility index (Phi) is 7.95. The van der Waals surface area contributed by atoms with Gasteiger partial charge in [-0.05, 0) is 44.9 Å². The Morgan fingerprint density at radius 2 is 1.78 bits per heavy atom. The highest BCUT2D eigenvalue weighted by molar-refractivity contribution is 6.08. The summed E-state index contributed by atoms with van der Waals surface area (Å²) < 4.78 is 11.8. The molecule has 1 aliphatic heterocycles. The van der Waals surface area contributed by atoms with Crippen molar-refractivity contribution in [3.63, 3.8) is 0 Å². The van der Waals surface area contributed by atoms with Crippen LogP contribution in [0, 0.1) is 0 Å². The molecule has 3 nitrogen and oxygen atoms in total. The fraction of sp³-hybridized carbons (Fsp3) is 1.00. The highest BCUT2D eigenvalue weighted by atomic mass is 16.7. The van der Waals surface area contributed by atoms with Crippen LogP contribution in [0.4, 0.5) is 0 Å². The molecule has 0 amide bonds. The SMILES string of the molecule is [B]CCC(O)CCCC1OC(CC)CC(CC)O1. The maximum absolute atomic E-state index is 9.61. The van der Waals surface area contributed by atoms with Crippen molar-refractivity contribution in [3.8, 4) is 0 Å². The number of rotatable bonds is 8. The van der Waals surface area contributed by atoms with Gasteiger partial charge >= 0.3 is 0 Å². The van der Waals surface area contributed by atoms with Gasteiger partial charge in [-0.2, -0.15) is 0 Å². The van der Waals surface area contributed by atoms with Crippen molar-refractivity contribution in [1.29, 1.82) is 0 Å². The molecule has 0 spiro atoms. The Morgan fingerprint density at radius 3 is 2.28 bits per heavy atom. The zero-order valence-electron chi connectivity index (χ0n) is 11.8. The molecule has 1 fully saturated rings. The van der Waals surface area contributed by atoms with Gasteiger partial charge in [-0.25, -0.2) is 0 Å². The molecule has 18 heavy (non-hydrogen) atoms. The van der Waals surface area contributed by atoms with Crippen LogP contribution in [0.3, 0.4) is 0 Å². The van der Waals surface area contributed by atoms with E-state index in [9.17, 15) is 5.11 Å². The fourth-order valence-electron chi connectivity index (χ4n) is 2.38. The van der Waals surface area contributed by atoms with E-state index < -0.39 is 0 Å². The number of aliphatic hydroxyl groups excluding tert-OH is 1. The molecular weight excluding hydrogens is 227 g/mol. The molecule has 4 heteroatoms. The van der Waals surface area contributed by atoms with Gasteiger partial charge in [0.25, 0.3) is 0 Å². The fourth-order valence-corrected chi connectivity index (χ4v) is 2.38. The molecule has 3 unspecified atom stereocenters. The molecule has 0 aromatic rings. The first-order chi connectivity index (χ1) is 8.69. The number of aliphatic hydroxyl groups is 1. The molecule has 0 bridgehead atoms. The Labute approximate surface area is 113 Å². The van der Waals surface area contributed by atoms with Crippen molar-refractivity contribution < 1.29 is 14.6 Å². The van der Waals surface area contributed by atoms with Crippen LogP contribution in [0.25, 0.3) is 0 Å². The van der Waals surface area contributed by atoms with Crippen molar-refractivity contribution in [3.05, 3.63) is 0 Å². The first-order valence-corrected chi connectivity index (χ1v) is 7.38. The van der Waals surface area contributed by atoms with Crippen LogP contribution in [0.2, 0.25) is 6.32 Å².